The van der Waals surface area contributed by atoms with Crippen LogP contribution in [0.3, 0.4) is 0 Å². The predicted octanol–water partition coefficient (Wildman–Crippen LogP) is 3.97. The van der Waals surface area contributed by atoms with Crippen molar-refractivity contribution < 1.29 is 13.2 Å². The summed E-state index contributed by atoms with van der Waals surface area (Å²) in [5, 5.41) is 2.96. The van der Waals surface area contributed by atoms with Gasteiger partial charge in [-0.25, -0.2) is 8.42 Å². The van der Waals surface area contributed by atoms with Crippen LogP contribution in [0.4, 0.5) is 5.69 Å². The molecule has 0 saturated carbocycles. The average molecular weight is 438 g/mol. The van der Waals surface area contributed by atoms with E-state index in [0.29, 0.717) is 11.3 Å². The summed E-state index contributed by atoms with van der Waals surface area (Å²) in [5.74, 6) is -0.281. The average Bonchev–Trinajstić information content (AvgIpc) is 2.78. The zero-order chi connectivity index (χ0) is 22.4. The third-order valence-corrected chi connectivity index (χ3v) is 6.92. The highest BCUT2D eigenvalue weighted by Gasteiger charge is 2.22. The standard InChI is InChI=1S/C24H27N3O3S/c1-18-9-13-23(14-10-18)31(29,30)27(3)22-15-21(16-25-17-22)24(28)26-19(2)11-12-20-7-5-4-6-8-20/h4-10,13-17,19H,11-12H2,1-3H3,(H,26,28)/t19-/m1/s1. The van der Waals surface area contributed by atoms with Gasteiger partial charge in [-0.15, -0.1) is 0 Å². The number of amides is 1. The molecule has 1 heterocycles. The van der Waals surface area contributed by atoms with E-state index in [2.05, 4.69) is 22.4 Å². The van der Waals surface area contributed by atoms with E-state index in [9.17, 15) is 13.2 Å². The maximum Gasteiger partial charge on any atom is 0.264 e. The van der Waals surface area contributed by atoms with Crippen molar-refractivity contribution in [1.82, 2.24) is 10.3 Å². The maximum absolute atomic E-state index is 12.9. The monoisotopic (exact) mass is 437 g/mol. The Morgan fingerprint density at radius 1 is 1.06 bits per heavy atom. The van der Waals surface area contributed by atoms with Crippen molar-refractivity contribution in [2.75, 3.05) is 11.4 Å². The highest BCUT2D eigenvalue weighted by molar-refractivity contribution is 7.92. The number of carbonyl (C=O) groups excluding carboxylic acids is 1. The molecule has 2 aromatic carbocycles. The molecule has 0 aliphatic carbocycles. The molecule has 3 rings (SSSR count). The fraction of sp³-hybridized carbons (Fsp3) is 0.250. The number of nitrogens with zero attached hydrogens (tertiary/aromatic N) is 2. The molecule has 1 amide bonds. The van der Waals surface area contributed by atoms with E-state index >= 15 is 0 Å². The van der Waals surface area contributed by atoms with Gasteiger partial charge in [0.2, 0.25) is 0 Å². The van der Waals surface area contributed by atoms with Crippen LogP contribution in [0, 0.1) is 6.92 Å². The first kappa shape index (κ1) is 22.5. The summed E-state index contributed by atoms with van der Waals surface area (Å²) in [7, 11) is -2.30. The summed E-state index contributed by atoms with van der Waals surface area (Å²) in [6, 6.07) is 18.2. The second-order valence-electron chi connectivity index (χ2n) is 7.62. The summed E-state index contributed by atoms with van der Waals surface area (Å²) in [6.45, 7) is 3.85. The fourth-order valence-corrected chi connectivity index (χ4v) is 4.31. The third kappa shape index (κ3) is 5.70. The number of rotatable bonds is 8. The molecule has 0 saturated heterocycles. The highest BCUT2D eigenvalue weighted by Crippen LogP contribution is 2.22. The van der Waals surface area contributed by atoms with Crippen LogP contribution in [0.2, 0.25) is 0 Å². The second-order valence-corrected chi connectivity index (χ2v) is 9.59. The molecule has 1 N–H and O–H groups in total. The molecule has 0 aliphatic heterocycles. The Kier molecular flexibility index (Phi) is 7.07. The zero-order valence-corrected chi connectivity index (χ0v) is 18.8. The first-order valence-electron chi connectivity index (χ1n) is 10.1. The Hall–Kier alpha value is -3.19. The van der Waals surface area contributed by atoms with Crippen molar-refractivity contribution in [1.29, 1.82) is 0 Å². The molecular formula is C24H27N3O3S. The van der Waals surface area contributed by atoms with Gasteiger partial charge >= 0.3 is 0 Å². The maximum atomic E-state index is 12.9. The summed E-state index contributed by atoms with van der Waals surface area (Å²) in [4.78, 5) is 16.9. The van der Waals surface area contributed by atoms with Crippen molar-refractivity contribution in [2.24, 2.45) is 0 Å². The van der Waals surface area contributed by atoms with E-state index in [1.165, 1.54) is 31.1 Å². The Labute approximate surface area is 184 Å². The van der Waals surface area contributed by atoms with Gasteiger partial charge in [0.25, 0.3) is 15.9 Å². The van der Waals surface area contributed by atoms with Crippen molar-refractivity contribution >= 4 is 21.6 Å². The number of carbonyl (C=O) groups is 1. The van der Waals surface area contributed by atoms with E-state index in [1.807, 2.05) is 32.0 Å². The normalized spacial score (nSPS) is 12.2. The molecule has 0 radical (unpaired) electrons. The summed E-state index contributed by atoms with van der Waals surface area (Å²) >= 11 is 0. The van der Waals surface area contributed by atoms with Crippen LogP contribution in [-0.2, 0) is 16.4 Å². The fourth-order valence-electron chi connectivity index (χ4n) is 3.14. The van der Waals surface area contributed by atoms with E-state index < -0.39 is 10.0 Å². The molecule has 162 valence electrons. The van der Waals surface area contributed by atoms with Gasteiger partial charge in [-0.3, -0.25) is 14.1 Å². The van der Waals surface area contributed by atoms with Crippen LogP contribution < -0.4 is 9.62 Å². The summed E-state index contributed by atoms with van der Waals surface area (Å²) in [6.07, 6.45) is 4.53. The van der Waals surface area contributed by atoms with Crippen LogP contribution in [-0.4, -0.2) is 32.4 Å². The SMILES string of the molecule is Cc1ccc(S(=O)(=O)N(C)c2cncc(C(=O)N[C@H](C)CCc3ccccc3)c2)cc1. The number of aryl methyl sites for hydroxylation is 2. The Balaban J connectivity index is 1.68. The molecule has 0 aliphatic rings. The second kappa shape index (κ2) is 9.75. The lowest BCUT2D eigenvalue weighted by atomic mass is 10.1. The van der Waals surface area contributed by atoms with Gasteiger partial charge < -0.3 is 5.32 Å². The summed E-state index contributed by atoms with van der Waals surface area (Å²) < 4.78 is 27.0. The Morgan fingerprint density at radius 2 is 1.74 bits per heavy atom. The molecule has 0 spiro atoms. The van der Waals surface area contributed by atoms with Crippen LogP contribution in [0.15, 0.2) is 78.0 Å². The number of benzene rings is 2. The van der Waals surface area contributed by atoms with E-state index in [0.717, 1.165) is 22.7 Å². The Bertz CT molecular complexity index is 1130. The molecule has 31 heavy (non-hydrogen) atoms. The lowest BCUT2D eigenvalue weighted by molar-refractivity contribution is 0.0938. The van der Waals surface area contributed by atoms with E-state index in [-0.39, 0.29) is 16.8 Å². The molecule has 3 aromatic rings. The minimum absolute atomic E-state index is 0.0367. The molecule has 0 fully saturated rings. The summed E-state index contributed by atoms with van der Waals surface area (Å²) in [5.41, 5.74) is 2.83. The first-order valence-corrected chi connectivity index (χ1v) is 11.6. The zero-order valence-electron chi connectivity index (χ0n) is 17.9. The third-order valence-electron chi connectivity index (χ3n) is 5.12. The predicted molar refractivity (Wildman–Crippen MR) is 123 cm³/mol. The van der Waals surface area contributed by atoms with Gasteiger partial charge in [-0.2, -0.15) is 0 Å². The van der Waals surface area contributed by atoms with Crippen molar-refractivity contribution in [2.45, 2.75) is 37.6 Å². The van der Waals surface area contributed by atoms with Gasteiger partial charge in [0, 0.05) is 19.3 Å². The van der Waals surface area contributed by atoms with Gasteiger partial charge in [-0.1, -0.05) is 48.0 Å². The highest BCUT2D eigenvalue weighted by atomic mass is 32.2. The van der Waals surface area contributed by atoms with Crippen LogP contribution >= 0.6 is 0 Å². The number of hydrogen-bond donors (Lipinski definition) is 1. The number of aromatic nitrogens is 1. The molecule has 0 unspecified atom stereocenters. The van der Waals surface area contributed by atoms with Gasteiger partial charge in [0.1, 0.15) is 0 Å². The number of nitrogens with one attached hydrogen (secondary N) is 1. The number of hydrogen-bond acceptors (Lipinski definition) is 4. The first-order chi connectivity index (χ1) is 14.8. The number of pyridine rings is 1. The minimum atomic E-state index is -3.75. The van der Waals surface area contributed by atoms with E-state index in [1.54, 1.807) is 24.3 Å². The largest absolute Gasteiger partial charge is 0.350 e. The lowest BCUT2D eigenvalue weighted by Crippen LogP contribution is -2.33. The van der Waals surface area contributed by atoms with Gasteiger partial charge in [-0.05, 0) is 50.5 Å². The quantitative estimate of drug-likeness (QED) is 0.578. The van der Waals surface area contributed by atoms with Crippen LogP contribution in [0.25, 0.3) is 0 Å². The molecular weight excluding hydrogens is 410 g/mol. The smallest absolute Gasteiger partial charge is 0.264 e. The van der Waals surface area contributed by atoms with Gasteiger partial charge in [0.05, 0.1) is 22.3 Å². The van der Waals surface area contributed by atoms with Crippen LogP contribution in [0.5, 0.6) is 0 Å². The molecule has 1 aromatic heterocycles. The van der Waals surface area contributed by atoms with E-state index in [4.69, 9.17) is 0 Å². The number of sulfonamides is 1. The lowest BCUT2D eigenvalue weighted by Gasteiger charge is -2.20. The van der Waals surface area contributed by atoms with Crippen molar-refractivity contribution in [3.63, 3.8) is 0 Å². The Morgan fingerprint density at radius 3 is 2.42 bits per heavy atom. The van der Waals surface area contributed by atoms with Gasteiger partial charge in [0.15, 0.2) is 0 Å². The van der Waals surface area contributed by atoms with Crippen molar-refractivity contribution in [3.8, 4) is 0 Å². The molecule has 7 heteroatoms. The topological polar surface area (TPSA) is 79.4 Å². The molecule has 6 nitrogen and oxygen atoms in total. The van der Waals surface area contributed by atoms with Crippen molar-refractivity contribution in [3.05, 3.63) is 89.7 Å². The number of anilines is 1. The molecule has 1 atom stereocenters. The minimum Gasteiger partial charge on any atom is -0.350 e. The molecule has 0 bridgehead atoms. The van der Waals surface area contributed by atoms with Crippen LogP contribution in [0.1, 0.15) is 34.8 Å².